The van der Waals surface area contributed by atoms with Crippen LogP contribution in [-0.4, -0.2) is 14.8 Å². The van der Waals surface area contributed by atoms with Gasteiger partial charge in [0.1, 0.15) is 5.82 Å². The summed E-state index contributed by atoms with van der Waals surface area (Å²) >= 11 is 0. The van der Waals surface area contributed by atoms with Crippen LogP contribution in [0.2, 0.25) is 0 Å². The Balaban J connectivity index is 1.56. The van der Waals surface area contributed by atoms with Gasteiger partial charge < -0.3 is 0 Å². The first-order chi connectivity index (χ1) is 12.1. The van der Waals surface area contributed by atoms with Crippen molar-refractivity contribution in [3.63, 3.8) is 0 Å². The topological polar surface area (TPSA) is 56.4 Å². The zero-order valence-electron chi connectivity index (χ0n) is 15.2. The van der Waals surface area contributed by atoms with Gasteiger partial charge in [0, 0.05) is 31.1 Å². The summed E-state index contributed by atoms with van der Waals surface area (Å²) in [6.45, 7) is 5.22. The molecule has 3 fully saturated rings. The molecule has 0 saturated heterocycles. The van der Waals surface area contributed by atoms with E-state index in [9.17, 15) is 9.59 Å². The minimum atomic E-state index is -0.173. The van der Waals surface area contributed by atoms with Crippen molar-refractivity contribution in [2.24, 2.45) is 34.6 Å². The average Bonchev–Trinajstić information content (AvgIpc) is 2.99. The van der Waals surface area contributed by atoms with Gasteiger partial charge in [-0.05, 0) is 55.8 Å². The molecule has 5 heteroatoms. The lowest BCUT2D eigenvalue weighted by Crippen LogP contribution is -2.41. The minimum Gasteiger partial charge on any atom is -0.278 e. The summed E-state index contributed by atoms with van der Waals surface area (Å²) in [5.41, 5.74) is 1.70. The lowest BCUT2D eigenvalue weighted by atomic mass is 9.83. The van der Waals surface area contributed by atoms with Crippen LogP contribution in [0, 0.1) is 29.6 Å². The fraction of sp³-hybridized carbons (Fsp3) is 0.750. The monoisotopic (exact) mass is 341 g/mol. The Kier molecular flexibility index (Phi) is 3.38. The fourth-order valence-corrected chi connectivity index (χ4v) is 6.03. The molecular weight excluding hydrogens is 314 g/mol. The molecule has 2 bridgehead atoms. The van der Waals surface area contributed by atoms with Crippen LogP contribution in [-0.2, 0) is 19.5 Å². The lowest BCUT2D eigenvalue weighted by molar-refractivity contribution is 0.392. The molecule has 2 heterocycles. The third kappa shape index (κ3) is 2.10. The third-order valence-corrected chi connectivity index (χ3v) is 7.12. The van der Waals surface area contributed by atoms with E-state index in [4.69, 9.17) is 4.99 Å². The number of fused-ring (bicyclic) bond motifs is 6. The highest BCUT2D eigenvalue weighted by Crippen LogP contribution is 2.68. The summed E-state index contributed by atoms with van der Waals surface area (Å²) < 4.78 is 3.19. The second kappa shape index (κ2) is 5.42. The largest absolute Gasteiger partial charge is 0.332 e. The summed E-state index contributed by atoms with van der Waals surface area (Å²) in [5, 5.41) is 0. The van der Waals surface area contributed by atoms with Gasteiger partial charge in [-0.3, -0.25) is 13.9 Å². The van der Waals surface area contributed by atoms with Crippen molar-refractivity contribution in [1.82, 2.24) is 9.13 Å². The van der Waals surface area contributed by atoms with Crippen LogP contribution in [0.4, 0.5) is 5.82 Å². The quantitative estimate of drug-likeness (QED) is 0.827. The van der Waals surface area contributed by atoms with Crippen molar-refractivity contribution < 1.29 is 0 Å². The predicted molar refractivity (Wildman–Crippen MR) is 97.6 cm³/mol. The van der Waals surface area contributed by atoms with E-state index in [1.165, 1.54) is 29.5 Å². The van der Waals surface area contributed by atoms with Crippen molar-refractivity contribution >= 4 is 11.5 Å². The molecule has 0 amide bonds. The third-order valence-electron chi connectivity index (χ3n) is 7.12. The molecule has 4 aliphatic rings. The molecule has 1 aliphatic heterocycles. The maximum absolute atomic E-state index is 12.9. The number of hydrogen-bond acceptors (Lipinski definition) is 3. The number of hydrogen-bond donors (Lipinski definition) is 0. The van der Waals surface area contributed by atoms with Gasteiger partial charge >= 0.3 is 5.69 Å². The molecule has 25 heavy (non-hydrogen) atoms. The SMILES string of the molecule is CCCn1c2c(c(=O)n(CCC)c1=O)CC(C1CC3CC1C1CC31)=N2. The second-order valence-electron chi connectivity index (χ2n) is 8.54. The van der Waals surface area contributed by atoms with Crippen LogP contribution < -0.4 is 11.2 Å². The number of rotatable bonds is 5. The first kappa shape index (κ1) is 15.6. The molecule has 0 N–H and O–H groups in total. The van der Waals surface area contributed by atoms with E-state index in [-0.39, 0.29) is 11.2 Å². The van der Waals surface area contributed by atoms with E-state index >= 15 is 0 Å². The van der Waals surface area contributed by atoms with Crippen molar-refractivity contribution in [1.29, 1.82) is 0 Å². The maximum atomic E-state index is 12.9. The van der Waals surface area contributed by atoms with Crippen LogP contribution in [0.25, 0.3) is 0 Å². The molecule has 1 aromatic rings. The molecular formula is C20H27N3O2. The van der Waals surface area contributed by atoms with Gasteiger partial charge in [-0.25, -0.2) is 9.79 Å². The van der Waals surface area contributed by atoms with Crippen molar-refractivity contribution in [3.8, 4) is 0 Å². The highest BCUT2D eigenvalue weighted by atomic mass is 16.2. The molecule has 0 radical (unpaired) electrons. The second-order valence-corrected chi connectivity index (χ2v) is 8.54. The zero-order valence-corrected chi connectivity index (χ0v) is 15.2. The van der Waals surface area contributed by atoms with E-state index in [0.717, 1.165) is 42.1 Å². The Morgan fingerprint density at radius 2 is 1.72 bits per heavy atom. The highest BCUT2D eigenvalue weighted by Gasteiger charge is 2.61. The van der Waals surface area contributed by atoms with E-state index in [1.54, 1.807) is 4.57 Å². The van der Waals surface area contributed by atoms with Gasteiger partial charge in [-0.15, -0.1) is 0 Å². The van der Waals surface area contributed by atoms with Gasteiger partial charge in [0.2, 0.25) is 0 Å². The van der Waals surface area contributed by atoms with Crippen LogP contribution in [0.5, 0.6) is 0 Å². The molecule has 5 rings (SSSR count). The predicted octanol–water partition coefficient (Wildman–Crippen LogP) is 2.75. The summed E-state index contributed by atoms with van der Waals surface area (Å²) in [6.07, 6.45) is 6.41. The standard InChI is InChI=1S/C20H27N3O2/c1-3-5-22-18-16(19(24)23(6-4-2)20(22)25)10-17(21-18)15-8-11-7-13(15)14-9-12(11)14/h11-15H,3-10H2,1-2H3. The number of aliphatic imine (C=N–C) groups is 1. The normalized spacial score (nSPS) is 34.2. The number of nitrogens with zero attached hydrogens (tertiary/aromatic N) is 3. The van der Waals surface area contributed by atoms with Crippen LogP contribution >= 0.6 is 0 Å². The first-order valence-corrected chi connectivity index (χ1v) is 10.1. The molecule has 3 aliphatic carbocycles. The van der Waals surface area contributed by atoms with Crippen LogP contribution in [0.15, 0.2) is 14.6 Å². The Bertz CT molecular complexity index is 878. The minimum absolute atomic E-state index is 0.0968. The maximum Gasteiger partial charge on any atom is 0.332 e. The smallest absolute Gasteiger partial charge is 0.278 e. The van der Waals surface area contributed by atoms with Gasteiger partial charge in [0.15, 0.2) is 0 Å². The Hall–Kier alpha value is -1.65. The Morgan fingerprint density at radius 3 is 2.40 bits per heavy atom. The van der Waals surface area contributed by atoms with Crippen LogP contribution in [0.1, 0.15) is 51.5 Å². The van der Waals surface area contributed by atoms with Crippen molar-refractivity contribution in [3.05, 3.63) is 26.4 Å². The summed E-state index contributed by atoms with van der Waals surface area (Å²) in [4.78, 5) is 30.6. The molecule has 1 aromatic heterocycles. The Morgan fingerprint density at radius 1 is 0.960 bits per heavy atom. The molecule has 0 spiro atoms. The lowest BCUT2D eigenvalue weighted by Gasteiger charge is -2.21. The van der Waals surface area contributed by atoms with Gasteiger partial charge in [-0.1, -0.05) is 13.8 Å². The fourth-order valence-electron chi connectivity index (χ4n) is 6.03. The molecule has 5 atom stereocenters. The summed E-state index contributed by atoms with van der Waals surface area (Å²) in [7, 11) is 0. The van der Waals surface area contributed by atoms with E-state index in [0.29, 0.717) is 31.2 Å². The molecule has 3 saturated carbocycles. The molecule has 5 unspecified atom stereocenters. The zero-order chi connectivity index (χ0) is 17.3. The average molecular weight is 341 g/mol. The molecule has 5 nitrogen and oxygen atoms in total. The van der Waals surface area contributed by atoms with E-state index in [2.05, 4.69) is 6.92 Å². The molecule has 0 aromatic carbocycles. The van der Waals surface area contributed by atoms with E-state index in [1.807, 2.05) is 6.92 Å². The van der Waals surface area contributed by atoms with Gasteiger partial charge in [0.05, 0.1) is 5.56 Å². The van der Waals surface area contributed by atoms with Crippen molar-refractivity contribution in [2.75, 3.05) is 0 Å². The first-order valence-electron chi connectivity index (χ1n) is 10.1. The van der Waals surface area contributed by atoms with Gasteiger partial charge in [-0.2, -0.15) is 0 Å². The Labute approximate surface area is 147 Å². The highest BCUT2D eigenvalue weighted by molar-refractivity contribution is 5.95. The number of aromatic nitrogens is 2. The molecule has 134 valence electrons. The van der Waals surface area contributed by atoms with Gasteiger partial charge in [0.25, 0.3) is 5.56 Å². The van der Waals surface area contributed by atoms with E-state index < -0.39 is 0 Å². The summed E-state index contributed by atoms with van der Waals surface area (Å²) in [6, 6.07) is 0. The van der Waals surface area contributed by atoms with Crippen molar-refractivity contribution in [2.45, 2.75) is 65.5 Å². The summed E-state index contributed by atoms with van der Waals surface area (Å²) in [5.74, 6) is 4.88. The van der Waals surface area contributed by atoms with Crippen LogP contribution in [0.3, 0.4) is 0 Å².